The Bertz CT molecular complexity index is 597. The van der Waals surface area contributed by atoms with Gasteiger partial charge in [0, 0.05) is 19.7 Å². The summed E-state index contributed by atoms with van der Waals surface area (Å²) < 4.78 is 6.23. The second-order valence-corrected chi connectivity index (χ2v) is 7.69. The van der Waals surface area contributed by atoms with Crippen LogP contribution < -0.4 is 15.5 Å². The van der Waals surface area contributed by atoms with Crippen molar-refractivity contribution >= 4 is 11.8 Å². The number of fused-ring (bicyclic) bond motifs is 1. The third-order valence-electron chi connectivity index (χ3n) is 5.64. The number of aromatic nitrogens is 2. The highest BCUT2D eigenvalue weighted by molar-refractivity contribution is 5.52. The molecule has 0 aromatic carbocycles. The number of hydrogen-bond donors (Lipinski definition) is 2. The average molecular weight is 331 g/mol. The fraction of sp³-hybridized carbons (Fsp3) is 0.778. The van der Waals surface area contributed by atoms with E-state index in [0.717, 1.165) is 63.6 Å². The minimum atomic E-state index is 0.0837. The molecule has 2 aliphatic heterocycles. The second kappa shape index (κ2) is 6.48. The van der Waals surface area contributed by atoms with Crippen LogP contribution in [0.5, 0.6) is 0 Å². The quantitative estimate of drug-likeness (QED) is 0.880. The van der Waals surface area contributed by atoms with Gasteiger partial charge in [-0.1, -0.05) is 0 Å². The van der Waals surface area contributed by atoms with Gasteiger partial charge in [-0.25, -0.2) is 4.98 Å². The summed E-state index contributed by atoms with van der Waals surface area (Å²) in [5.41, 5.74) is 2.65. The van der Waals surface area contributed by atoms with E-state index in [9.17, 15) is 0 Å². The van der Waals surface area contributed by atoms with Crippen molar-refractivity contribution in [1.29, 1.82) is 0 Å². The lowest BCUT2D eigenvalue weighted by molar-refractivity contribution is -0.0192. The molecular weight excluding hydrogens is 302 g/mol. The Kier molecular flexibility index (Phi) is 4.35. The van der Waals surface area contributed by atoms with E-state index in [0.29, 0.717) is 6.04 Å². The van der Waals surface area contributed by atoms with Crippen molar-refractivity contribution in [2.24, 2.45) is 0 Å². The highest BCUT2D eigenvalue weighted by Gasteiger charge is 2.41. The van der Waals surface area contributed by atoms with E-state index in [2.05, 4.69) is 10.6 Å². The molecule has 6 heteroatoms. The molecule has 1 unspecified atom stereocenters. The van der Waals surface area contributed by atoms with Crippen molar-refractivity contribution in [3.8, 4) is 0 Å². The van der Waals surface area contributed by atoms with Gasteiger partial charge in [-0.3, -0.25) is 0 Å². The van der Waals surface area contributed by atoms with Crippen LogP contribution in [0.15, 0.2) is 0 Å². The molecule has 1 aromatic rings. The Morgan fingerprint density at radius 3 is 2.75 bits per heavy atom. The van der Waals surface area contributed by atoms with Crippen LogP contribution in [0.1, 0.15) is 43.4 Å². The van der Waals surface area contributed by atoms with Crippen molar-refractivity contribution in [2.75, 3.05) is 44.0 Å². The first-order valence-corrected chi connectivity index (χ1v) is 9.34. The largest absolute Gasteiger partial charge is 0.373 e. The maximum Gasteiger partial charge on any atom is 0.227 e. The zero-order valence-electron chi connectivity index (χ0n) is 14.9. The fourth-order valence-electron chi connectivity index (χ4n) is 4.26. The smallest absolute Gasteiger partial charge is 0.227 e. The van der Waals surface area contributed by atoms with E-state index in [4.69, 9.17) is 14.7 Å². The van der Waals surface area contributed by atoms with E-state index in [1.807, 2.05) is 19.0 Å². The summed E-state index contributed by atoms with van der Waals surface area (Å²) in [5, 5.41) is 7.15. The zero-order chi connectivity index (χ0) is 16.6. The number of nitrogens with zero attached hydrogens (tertiary/aromatic N) is 3. The van der Waals surface area contributed by atoms with Gasteiger partial charge in [0.05, 0.1) is 23.9 Å². The summed E-state index contributed by atoms with van der Waals surface area (Å²) in [5.74, 6) is 1.86. The molecule has 2 fully saturated rings. The molecule has 6 nitrogen and oxygen atoms in total. The van der Waals surface area contributed by atoms with Gasteiger partial charge in [0.15, 0.2) is 0 Å². The van der Waals surface area contributed by atoms with Crippen LogP contribution in [-0.4, -0.2) is 55.4 Å². The Labute approximate surface area is 144 Å². The summed E-state index contributed by atoms with van der Waals surface area (Å²) in [6, 6.07) is 0.360. The number of ether oxygens (including phenoxy) is 1. The first-order chi connectivity index (χ1) is 11.7. The molecule has 1 atom stereocenters. The van der Waals surface area contributed by atoms with E-state index >= 15 is 0 Å². The summed E-state index contributed by atoms with van der Waals surface area (Å²) in [6.07, 6.45) is 7.97. The number of piperidine rings is 1. The summed E-state index contributed by atoms with van der Waals surface area (Å²) in [7, 11) is 4.02. The van der Waals surface area contributed by atoms with Gasteiger partial charge in [-0.15, -0.1) is 0 Å². The minimum Gasteiger partial charge on any atom is -0.373 e. The molecule has 1 aromatic heterocycles. The maximum atomic E-state index is 6.23. The lowest BCUT2D eigenvalue weighted by atomic mass is 9.88. The van der Waals surface area contributed by atoms with E-state index in [1.54, 1.807) is 0 Å². The molecule has 2 N–H and O–H groups in total. The molecule has 0 saturated carbocycles. The molecule has 0 bridgehead atoms. The molecule has 4 rings (SSSR count). The molecule has 3 heterocycles. The molecule has 1 spiro atoms. The van der Waals surface area contributed by atoms with Gasteiger partial charge >= 0.3 is 0 Å². The first kappa shape index (κ1) is 16.1. The van der Waals surface area contributed by atoms with Gasteiger partial charge in [-0.2, -0.15) is 4.98 Å². The van der Waals surface area contributed by atoms with E-state index in [-0.39, 0.29) is 5.60 Å². The van der Waals surface area contributed by atoms with Crippen LogP contribution in [0, 0.1) is 0 Å². The number of anilines is 2. The fourth-order valence-corrected chi connectivity index (χ4v) is 4.26. The molecule has 0 amide bonds. The predicted molar refractivity (Wildman–Crippen MR) is 95.8 cm³/mol. The summed E-state index contributed by atoms with van der Waals surface area (Å²) >= 11 is 0. The summed E-state index contributed by atoms with van der Waals surface area (Å²) in [4.78, 5) is 11.6. The number of rotatable bonds is 3. The van der Waals surface area contributed by atoms with Crippen molar-refractivity contribution in [3.05, 3.63) is 11.3 Å². The molecule has 24 heavy (non-hydrogen) atoms. The van der Waals surface area contributed by atoms with Gasteiger partial charge in [0.25, 0.3) is 0 Å². The molecular formula is C18H29N5O. The molecule has 3 aliphatic rings. The summed E-state index contributed by atoms with van der Waals surface area (Å²) in [6.45, 7) is 2.93. The third-order valence-corrected chi connectivity index (χ3v) is 5.64. The van der Waals surface area contributed by atoms with Crippen LogP contribution in [-0.2, 0) is 17.6 Å². The third kappa shape index (κ3) is 3.09. The first-order valence-electron chi connectivity index (χ1n) is 9.34. The maximum absolute atomic E-state index is 6.23. The predicted octanol–water partition coefficient (Wildman–Crippen LogP) is 1.74. The van der Waals surface area contributed by atoms with Crippen molar-refractivity contribution < 1.29 is 4.74 Å². The number of aryl methyl sites for hydroxylation is 1. The van der Waals surface area contributed by atoms with Crippen LogP contribution >= 0.6 is 0 Å². The van der Waals surface area contributed by atoms with Gasteiger partial charge in [0.1, 0.15) is 5.82 Å². The monoisotopic (exact) mass is 331 g/mol. The number of nitrogens with one attached hydrogen (secondary N) is 2. The highest BCUT2D eigenvalue weighted by Crippen LogP contribution is 2.36. The van der Waals surface area contributed by atoms with Crippen LogP contribution in [0.3, 0.4) is 0 Å². The average Bonchev–Trinajstić information content (AvgIpc) is 2.97. The van der Waals surface area contributed by atoms with Gasteiger partial charge in [-0.05, 0) is 58.0 Å². The van der Waals surface area contributed by atoms with Crippen molar-refractivity contribution in [2.45, 2.75) is 56.6 Å². The van der Waals surface area contributed by atoms with Gasteiger partial charge < -0.3 is 20.3 Å². The normalized spacial score (nSPS) is 25.5. The Hall–Kier alpha value is -1.40. The Balaban J connectivity index is 1.54. The second-order valence-electron chi connectivity index (χ2n) is 7.69. The molecule has 0 radical (unpaired) electrons. The van der Waals surface area contributed by atoms with Crippen LogP contribution in [0.4, 0.5) is 11.8 Å². The molecule has 2 saturated heterocycles. The zero-order valence-corrected chi connectivity index (χ0v) is 14.9. The SMILES string of the molecule is CN(C)c1nc2c(c(NC3COC4(CCNCC4)C3)n1)CCCC2. The van der Waals surface area contributed by atoms with Gasteiger partial charge in [0.2, 0.25) is 5.95 Å². The van der Waals surface area contributed by atoms with Crippen LogP contribution in [0.25, 0.3) is 0 Å². The van der Waals surface area contributed by atoms with Crippen LogP contribution in [0.2, 0.25) is 0 Å². The standard InChI is InChI=1S/C18H29N5O/c1-23(2)17-21-15-6-4-3-5-14(15)16(22-17)20-13-11-18(24-12-13)7-9-19-10-8-18/h13,19H,3-12H2,1-2H3,(H,20,21,22). The van der Waals surface area contributed by atoms with Crippen molar-refractivity contribution in [3.63, 3.8) is 0 Å². The highest BCUT2D eigenvalue weighted by atomic mass is 16.5. The number of hydrogen-bond acceptors (Lipinski definition) is 6. The van der Waals surface area contributed by atoms with Crippen molar-refractivity contribution in [1.82, 2.24) is 15.3 Å². The van der Waals surface area contributed by atoms with E-state index in [1.165, 1.54) is 24.1 Å². The lowest BCUT2D eigenvalue weighted by Crippen LogP contribution is -2.41. The minimum absolute atomic E-state index is 0.0837. The molecule has 132 valence electrons. The molecule has 1 aliphatic carbocycles. The van der Waals surface area contributed by atoms with E-state index < -0.39 is 0 Å². The Morgan fingerprint density at radius 1 is 1.17 bits per heavy atom. The lowest BCUT2D eigenvalue weighted by Gasteiger charge is -2.33. The Morgan fingerprint density at radius 2 is 1.96 bits per heavy atom. The topological polar surface area (TPSA) is 62.3 Å².